The Morgan fingerprint density at radius 3 is 2.64 bits per heavy atom. The van der Waals surface area contributed by atoms with Crippen LogP contribution in [0.5, 0.6) is 0 Å². The zero-order chi connectivity index (χ0) is 8.27. The maximum Gasteiger partial charge on any atom is 0.253 e. The number of halogens is 2. The number of rotatable bonds is 1. The van der Waals surface area contributed by atoms with E-state index in [4.69, 9.17) is 0 Å². The van der Waals surface area contributed by atoms with E-state index in [1.807, 2.05) is 0 Å². The number of nitrogens with zero attached hydrogens (tertiary/aromatic N) is 1. The van der Waals surface area contributed by atoms with Gasteiger partial charge in [0.2, 0.25) is 0 Å². The van der Waals surface area contributed by atoms with Crippen molar-refractivity contribution in [3.63, 3.8) is 0 Å². The summed E-state index contributed by atoms with van der Waals surface area (Å²) >= 11 is 0. The predicted octanol–water partition coefficient (Wildman–Crippen LogP) is 2.13. The molecular formula is C8H15F2N. The third-order valence-electron chi connectivity index (χ3n) is 2.37. The summed E-state index contributed by atoms with van der Waals surface area (Å²) in [6, 6.07) is -0.488. The van der Waals surface area contributed by atoms with Crippen molar-refractivity contribution in [3.8, 4) is 0 Å². The van der Waals surface area contributed by atoms with Crippen LogP contribution in [0.4, 0.5) is 8.78 Å². The highest BCUT2D eigenvalue weighted by Gasteiger charge is 2.25. The normalized spacial score (nSPS) is 28.9. The largest absolute Gasteiger partial charge is 0.298 e. The highest BCUT2D eigenvalue weighted by Crippen LogP contribution is 2.19. The molecule has 0 spiro atoms. The minimum absolute atomic E-state index is 0.488. The fourth-order valence-electron chi connectivity index (χ4n) is 1.60. The monoisotopic (exact) mass is 163 g/mol. The van der Waals surface area contributed by atoms with Crippen molar-refractivity contribution in [1.82, 2.24) is 4.90 Å². The summed E-state index contributed by atoms with van der Waals surface area (Å²) in [6.45, 7) is 0.828. The fraction of sp³-hybridized carbons (Fsp3) is 1.00. The van der Waals surface area contributed by atoms with E-state index in [0.29, 0.717) is 6.42 Å². The zero-order valence-corrected chi connectivity index (χ0v) is 6.89. The Kier molecular flexibility index (Phi) is 3.24. The van der Waals surface area contributed by atoms with E-state index in [1.165, 1.54) is 0 Å². The smallest absolute Gasteiger partial charge is 0.253 e. The lowest BCUT2D eigenvalue weighted by atomic mass is 10.1. The molecule has 1 rings (SSSR count). The molecule has 1 atom stereocenters. The Morgan fingerprint density at radius 2 is 2.00 bits per heavy atom. The molecule has 0 bridgehead atoms. The van der Waals surface area contributed by atoms with E-state index in [-0.39, 0.29) is 0 Å². The van der Waals surface area contributed by atoms with Crippen LogP contribution in [-0.2, 0) is 0 Å². The van der Waals surface area contributed by atoms with E-state index >= 15 is 0 Å². The summed E-state index contributed by atoms with van der Waals surface area (Å²) in [5.74, 6) is 0. The molecule has 1 nitrogen and oxygen atoms in total. The third-order valence-corrected chi connectivity index (χ3v) is 2.37. The van der Waals surface area contributed by atoms with Crippen LogP contribution in [0.1, 0.15) is 25.7 Å². The molecular weight excluding hydrogens is 148 g/mol. The molecule has 0 amide bonds. The molecule has 0 aromatic heterocycles. The van der Waals surface area contributed by atoms with Gasteiger partial charge in [-0.15, -0.1) is 0 Å². The summed E-state index contributed by atoms with van der Waals surface area (Å²) in [4.78, 5) is 1.79. The van der Waals surface area contributed by atoms with Crippen molar-refractivity contribution < 1.29 is 8.78 Å². The number of hydrogen-bond acceptors (Lipinski definition) is 1. The predicted molar refractivity (Wildman–Crippen MR) is 40.9 cm³/mol. The molecule has 0 aromatic rings. The molecule has 1 aliphatic heterocycles. The fourth-order valence-corrected chi connectivity index (χ4v) is 1.60. The van der Waals surface area contributed by atoms with Crippen molar-refractivity contribution in [2.75, 3.05) is 13.6 Å². The molecule has 1 saturated heterocycles. The van der Waals surface area contributed by atoms with Crippen LogP contribution >= 0.6 is 0 Å². The number of alkyl halides is 2. The Hall–Kier alpha value is -0.180. The van der Waals surface area contributed by atoms with Gasteiger partial charge in [0.15, 0.2) is 0 Å². The van der Waals surface area contributed by atoms with Crippen LogP contribution in [0.25, 0.3) is 0 Å². The van der Waals surface area contributed by atoms with Gasteiger partial charge in [-0.25, -0.2) is 8.78 Å². The first-order chi connectivity index (χ1) is 5.22. The Morgan fingerprint density at radius 1 is 1.27 bits per heavy atom. The Balaban J connectivity index is 2.45. The van der Waals surface area contributed by atoms with E-state index < -0.39 is 12.5 Å². The maximum atomic E-state index is 12.3. The number of hydrogen-bond donors (Lipinski definition) is 0. The van der Waals surface area contributed by atoms with Gasteiger partial charge in [0, 0.05) is 0 Å². The molecule has 1 fully saturated rings. The van der Waals surface area contributed by atoms with Gasteiger partial charge in [-0.3, -0.25) is 4.90 Å². The van der Waals surface area contributed by atoms with Crippen LogP contribution in [0, 0.1) is 0 Å². The van der Waals surface area contributed by atoms with Crippen molar-refractivity contribution in [3.05, 3.63) is 0 Å². The van der Waals surface area contributed by atoms with E-state index in [9.17, 15) is 8.78 Å². The van der Waals surface area contributed by atoms with Gasteiger partial charge in [-0.05, 0) is 26.4 Å². The molecule has 0 radical (unpaired) electrons. The lowest BCUT2D eigenvalue weighted by molar-refractivity contribution is 0.0381. The molecule has 3 heteroatoms. The minimum Gasteiger partial charge on any atom is -0.298 e. The molecule has 0 saturated carbocycles. The van der Waals surface area contributed by atoms with Crippen LogP contribution in [0.15, 0.2) is 0 Å². The van der Waals surface area contributed by atoms with Crippen LogP contribution in [0.2, 0.25) is 0 Å². The first kappa shape index (κ1) is 8.91. The zero-order valence-electron chi connectivity index (χ0n) is 6.89. The molecule has 11 heavy (non-hydrogen) atoms. The van der Waals surface area contributed by atoms with Crippen LogP contribution in [-0.4, -0.2) is 31.0 Å². The molecule has 0 N–H and O–H groups in total. The first-order valence-corrected chi connectivity index (χ1v) is 4.20. The van der Waals surface area contributed by atoms with Crippen molar-refractivity contribution in [2.45, 2.75) is 38.2 Å². The standard InChI is InChI=1S/C8H15F2N/c1-11-6-4-2-3-5-7(11)8(9)10/h7-8H,2-6H2,1H3. The molecule has 0 aromatic carbocycles. The lowest BCUT2D eigenvalue weighted by Gasteiger charge is -2.24. The summed E-state index contributed by atoms with van der Waals surface area (Å²) in [6.07, 6.45) is 1.62. The maximum absolute atomic E-state index is 12.3. The van der Waals surface area contributed by atoms with Gasteiger partial charge in [0.05, 0.1) is 6.04 Å². The van der Waals surface area contributed by atoms with E-state index in [1.54, 1.807) is 11.9 Å². The highest BCUT2D eigenvalue weighted by molar-refractivity contribution is 4.74. The highest BCUT2D eigenvalue weighted by atomic mass is 19.3. The summed E-state index contributed by atoms with van der Waals surface area (Å²) in [5.41, 5.74) is 0. The van der Waals surface area contributed by atoms with Gasteiger partial charge >= 0.3 is 0 Å². The number of likely N-dealkylation sites (tertiary alicyclic amines) is 1. The molecule has 66 valence electrons. The quantitative estimate of drug-likeness (QED) is 0.572. The summed E-state index contributed by atoms with van der Waals surface area (Å²) < 4.78 is 24.6. The second-order valence-electron chi connectivity index (χ2n) is 3.23. The van der Waals surface area contributed by atoms with E-state index in [2.05, 4.69) is 0 Å². The molecule has 1 heterocycles. The van der Waals surface area contributed by atoms with Crippen LogP contribution < -0.4 is 0 Å². The van der Waals surface area contributed by atoms with Gasteiger partial charge in [0.1, 0.15) is 0 Å². The third kappa shape index (κ3) is 2.40. The van der Waals surface area contributed by atoms with Crippen LogP contribution in [0.3, 0.4) is 0 Å². The summed E-state index contributed by atoms with van der Waals surface area (Å²) in [7, 11) is 1.79. The second-order valence-corrected chi connectivity index (χ2v) is 3.23. The molecule has 1 unspecified atom stereocenters. The average Bonchev–Trinajstić information content (AvgIpc) is 2.13. The second kappa shape index (κ2) is 4.00. The molecule has 0 aliphatic carbocycles. The van der Waals surface area contributed by atoms with Gasteiger partial charge in [-0.2, -0.15) is 0 Å². The lowest BCUT2D eigenvalue weighted by Crippen LogP contribution is -2.36. The topological polar surface area (TPSA) is 3.24 Å². The Bertz CT molecular complexity index is 117. The van der Waals surface area contributed by atoms with Crippen molar-refractivity contribution in [1.29, 1.82) is 0 Å². The first-order valence-electron chi connectivity index (χ1n) is 4.20. The molecule has 1 aliphatic rings. The minimum atomic E-state index is -2.17. The SMILES string of the molecule is CN1CCCCCC1C(F)F. The van der Waals surface area contributed by atoms with Gasteiger partial charge in [0.25, 0.3) is 6.43 Å². The average molecular weight is 163 g/mol. The van der Waals surface area contributed by atoms with Crippen molar-refractivity contribution >= 4 is 0 Å². The Labute approximate surface area is 66.4 Å². The van der Waals surface area contributed by atoms with Gasteiger partial charge < -0.3 is 0 Å². The van der Waals surface area contributed by atoms with Gasteiger partial charge in [-0.1, -0.05) is 12.8 Å². The van der Waals surface area contributed by atoms with E-state index in [0.717, 1.165) is 25.8 Å². The summed E-state index contributed by atoms with van der Waals surface area (Å²) in [5, 5.41) is 0. The van der Waals surface area contributed by atoms with Crippen molar-refractivity contribution in [2.24, 2.45) is 0 Å².